The van der Waals surface area contributed by atoms with Crippen LogP contribution in [-0.4, -0.2) is 80.6 Å². The van der Waals surface area contributed by atoms with Crippen LogP contribution in [0.5, 0.6) is 5.75 Å². The van der Waals surface area contributed by atoms with E-state index in [4.69, 9.17) is 4.74 Å². The van der Waals surface area contributed by atoms with Crippen LogP contribution in [0.3, 0.4) is 0 Å². The van der Waals surface area contributed by atoms with Gasteiger partial charge in [0.25, 0.3) is 0 Å². The molecular weight excluding hydrogens is 392 g/mol. The van der Waals surface area contributed by atoms with Crippen molar-refractivity contribution in [3.05, 3.63) is 24.3 Å². The molecule has 1 atom stereocenters. The topological polar surface area (TPSA) is 65.1 Å². The molecular formula is C24H36N4O3. The average Bonchev–Trinajstić information content (AvgIpc) is 2.83. The zero-order chi connectivity index (χ0) is 21.8. The van der Waals surface area contributed by atoms with Crippen molar-refractivity contribution in [2.75, 3.05) is 57.8 Å². The molecule has 7 heteroatoms. The predicted octanol–water partition coefficient (Wildman–Crippen LogP) is 2.11. The van der Waals surface area contributed by atoms with Crippen LogP contribution in [-0.2, 0) is 9.59 Å². The minimum atomic E-state index is -0.519. The average molecular weight is 429 g/mol. The van der Waals surface area contributed by atoms with Gasteiger partial charge in [0.15, 0.2) is 0 Å². The maximum atomic E-state index is 13.3. The molecule has 31 heavy (non-hydrogen) atoms. The summed E-state index contributed by atoms with van der Waals surface area (Å²) < 4.78 is 5.25. The number of methoxy groups -OCH3 is 1. The van der Waals surface area contributed by atoms with Crippen molar-refractivity contribution in [2.45, 2.75) is 45.1 Å². The van der Waals surface area contributed by atoms with Gasteiger partial charge in [-0.15, -0.1) is 0 Å². The first-order valence-electron chi connectivity index (χ1n) is 11.8. The summed E-state index contributed by atoms with van der Waals surface area (Å²) >= 11 is 0. The van der Waals surface area contributed by atoms with Crippen molar-refractivity contribution in [3.8, 4) is 5.75 Å². The van der Waals surface area contributed by atoms with Crippen molar-refractivity contribution in [2.24, 2.45) is 5.41 Å². The number of benzene rings is 1. The van der Waals surface area contributed by atoms with Gasteiger partial charge in [0, 0.05) is 45.0 Å². The number of carbonyl (C=O) groups excluding carboxylic acids is 2. The van der Waals surface area contributed by atoms with E-state index in [1.807, 2.05) is 24.3 Å². The Kier molecular flexibility index (Phi) is 6.82. The minimum Gasteiger partial charge on any atom is -0.497 e. The summed E-state index contributed by atoms with van der Waals surface area (Å²) in [6, 6.07) is 7.03. The number of carbonyl (C=O) groups is 2. The number of hydrogen-bond donors (Lipinski definition) is 1. The Morgan fingerprint density at radius 1 is 1.06 bits per heavy atom. The number of nitrogens with one attached hydrogen (secondary N) is 1. The summed E-state index contributed by atoms with van der Waals surface area (Å²) in [5.41, 5.74) is 0.257. The van der Waals surface area contributed by atoms with E-state index in [0.717, 1.165) is 82.8 Å². The van der Waals surface area contributed by atoms with Crippen LogP contribution in [0.4, 0.5) is 5.69 Å². The second kappa shape index (κ2) is 9.57. The third-order valence-electron chi connectivity index (χ3n) is 7.41. The summed E-state index contributed by atoms with van der Waals surface area (Å²) in [6.45, 7) is 9.07. The fraction of sp³-hybridized carbons (Fsp3) is 0.667. The van der Waals surface area contributed by atoms with Gasteiger partial charge in [-0.05, 0) is 43.7 Å². The summed E-state index contributed by atoms with van der Waals surface area (Å²) in [6.07, 6.45) is 4.82. The lowest BCUT2D eigenvalue weighted by Gasteiger charge is -2.56. The van der Waals surface area contributed by atoms with Gasteiger partial charge in [0.05, 0.1) is 12.5 Å². The van der Waals surface area contributed by atoms with Gasteiger partial charge in [-0.25, -0.2) is 0 Å². The molecule has 170 valence electrons. The Morgan fingerprint density at radius 3 is 2.32 bits per heavy atom. The van der Waals surface area contributed by atoms with Crippen molar-refractivity contribution < 1.29 is 14.3 Å². The predicted molar refractivity (Wildman–Crippen MR) is 121 cm³/mol. The Hall–Kier alpha value is -2.12. The molecule has 1 aliphatic carbocycles. The first kappa shape index (κ1) is 22.1. The third kappa shape index (κ3) is 4.30. The highest BCUT2D eigenvalue weighted by molar-refractivity contribution is 6.14. The number of ether oxygens (including phenoxy) is 1. The SMILES string of the molecule is CCN1CCN(CCNC(=O)C2N(c3ccc(OC)cc3)C(=O)C23CCCCC3)CC1. The fourth-order valence-electron chi connectivity index (χ4n) is 5.47. The van der Waals surface area contributed by atoms with Crippen LogP contribution in [0.25, 0.3) is 0 Å². The molecule has 1 saturated carbocycles. The molecule has 1 aromatic rings. The van der Waals surface area contributed by atoms with Crippen molar-refractivity contribution >= 4 is 17.5 Å². The van der Waals surface area contributed by atoms with Gasteiger partial charge in [0.1, 0.15) is 11.8 Å². The maximum absolute atomic E-state index is 13.3. The lowest BCUT2D eigenvalue weighted by Crippen LogP contribution is -2.74. The van der Waals surface area contributed by atoms with Crippen LogP contribution >= 0.6 is 0 Å². The quantitative estimate of drug-likeness (QED) is 0.674. The zero-order valence-electron chi connectivity index (χ0n) is 18.9. The summed E-state index contributed by atoms with van der Waals surface area (Å²) in [5, 5.41) is 3.16. The summed E-state index contributed by atoms with van der Waals surface area (Å²) in [5.74, 6) is 0.839. The molecule has 1 N–H and O–H groups in total. The highest BCUT2D eigenvalue weighted by Crippen LogP contribution is 2.51. The van der Waals surface area contributed by atoms with Gasteiger partial charge in [-0.2, -0.15) is 0 Å². The van der Waals surface area contributed by atoms with E-state index < -0.39 is 11.5 Å². The largest absolute Gasteiger partial charge is 0.497 e. The molecule has 2 heterocycles. The lowest BCUT2D eigenvalue weighted by atomic mass is 9.61. The number of nitrogens with zero attached hydrogens (tertiary/aromatic N) is 3. The number of anilines is 1. The first-order chi connectivity index (χ1) is 15.1. The molecule has 2 aliphatic heterocycles. The number of likely N-dealkylation sites (N-methyl/N-ethyl adjacent to an activating group) is 1. The summed E-state index contributed by atoms with van der Waals surface area (Å²) in [4.78, 5) is 33.2. The molecule has 2 amide bonds. The van der Waals surface area contributed by atoms with Crippen LogP contribution in [0.15, 0.2) is 24.3 Å². The molecule has 2 saturated heterocycles. The van der Waals surface area contributed by atoms with Gasteiger partial charge >= 0.3 is 0 Å². The van der Waals surface area contributed by atoms with E-state index in [0.29, 0.717) is 6.54 Å². The monoisotopic (exact) mass is 428 g/mol. The van der Waals surface area contributed by atoms with E-state index in [1.54, 1.807) is 12.0 Å². The third-order valence-corrected chi connectivity index (χ3v) is 7.41. The van der Waals surface area contributed by atoms with Gasteiger partial charge in [-0.1, -0.05) is 26.2 Å². The smallest absolute Gasteiger partial charge is 0.244 e. The van der Waals surface area contributed by atoms with Crippen molar-refractivity contribution in [1.82, 2.24) is 15.1 Å². The van der Waals surface area contributed by atoms with E-state index in [1.165, 1.54) is 0 Å². The molecule has 1 spiro atoms. The summed E-state index contributed by atoms with van der Waals surface area (Å²) in [7, 11) is 1.62. The van der Waals surface area contributed by atoms with E-state index in [2.05, 4.69) is 22.0 Å². The minimum absolute atomic E-state index is 0.00971. The molecule has 3 fully saturated rings. The first-order valence-corrected chi connectivity index (χ1v) is 11.8. The second-order valence-corrected chi connectivity index (χ2v) is 9.06. The zero-order valence-corrected chi connectivity index (χ0v) is 18.9. The Bertz CT molecular complexity index is 768. The van der Waals surface area contributed by atoms with Crippen LogP contribution in [0.2, 0.25) is 0 Å². The van der Waals surface area contributed by atoms with E-state index in [-0.39, 0.29) is 11.8 Å². The molecule has 0 bridgehead atoms. The number of piperazine rings is 1. The number of β-lactam (4-membered cyclic amide) rings is 1. The Labute approximate surface area is 185 Å². The molecule has 0 aromatic heterocycles. The Morgan fingerprint density at radius 2 is 1.71 bits per heavy atom. The molecule has 4 rings (SSSR count). The van der Waals surface area contributed by atoms with Crippen molar-refractivity contribution in [1.29, 1.82) is 0 Å². The van der Waals surface area contributed by atoms with Gasteiger partial charge in [-0.3, -0.25) is 19.4 Å². The van der Waals surface area contributed by atoms with Crippen molar-refractivity contribution in [3.63, 3.8) is 0 Å². The highest BCUT2D eigenvalue weighted by Gasteiger charge is 2.63. The molecule has 1 unspecified atom stereocenters. The van der Waals surface area contributed by atoms with Gasteiger partial charge in [0.2, 0.25) is 11.8 Å². The van der Waals surface area contributed by atoms with Crippen LogP contribution in [0.1, 0.15) is 39.0 Å². The molecule has 7 nitrogen and oxygen atoms in total. The maximum Gasteiger partial charge on any atom is 0.244 e. The highest BCUT2D eigenvalue weighted by atomic mass is 16.5. The molecule has 0 radical (unpaired) electrons. The van der Waals surface area contributed by atoms with Crippen LogP contribution in [0, 0.1) is 5.41 Å². The van der Waals surface area contributed by atoms with E-state index in [9.17, 15) is 9.59 Å². The second-order valence-electron chi connectivity index (χ2n) is 9.06. The molecule has 1 aromatic carbocycles. The number of amides is 2. The molecule has 3 aliphatic rings. The number of hydrogen-bond acceptors (Lipinski definition) is 5. The number of rotatable bonds is 7. The van der Waals surface area contributed by atoms with E-state index >= 15 is 0 Å². The van der Waals surface area contributed by atoms with Gasteiger partial charge < -0.3 is 15.0 Å². The fourth-order valence-corrected chi connectivity index (χ4v) is 5.47. The lowest BCUT2D eigenvalue weighted by molar-refractivity contribution is -0.150. The van der Waals surface area contributed by atoms with Crippen LogP contribution < -0.4 is 15.0 Å². The Balaban J connectivity index is 1.41. The normalized spacial score (nSPS) is 24.1. The standard InChI is InChI=1S/C24H36N4O3/c1-3-26-15-17-27(18-16-26)14-13-25-22(29)21-24(11-5-4-6-12-24)23(30)28(21)19-7-9-20(31-2)10-8-19/h7-10,21H,3-6,11-18H2,1-2H3,(H,25,29).